The van der Waals surface area contributed by atoms with Gasteiger partial charge in [-0.2, -0.15) is 0 Å². The molecule has 82 valence electrons. The normalized spacial score (nSPS) is 17.4. The maximum atomic E-state index is 11.5. The van der Waals surface area contributed by atoms with Crippen molar-refractivity contribution in [2.75, 3.05) is 5.32 Å². The van der Waals surface area contributed by atoms with Crippen LogP contribution >= 0.6 is 12.4 Å². The number of hydrogen-bond acceptors (Lipinski definition) is 1. The first-order valence-corrected chi connectivity index (χ1v) is 4.91. The first kappa shape index (κ1) is 12.1. The van der Waals surface area contributed by atoms with E-state index in [0.717, 1.165) is 11.3 Å². The van der Waals surface area contributed by atoms with Crippen molar-refractivity contribution in [1.82, 2.24) is 0 Å². The van der Waals surface area contributed by atoms with Crippen molar-refractivity contribution in [2.45, 2.75) is 32.6 Å². The van der Waals surface area contributed by atoms with Crippen LogP contribution in [0.25, 0.3) is 0 Å². The van der Waals surface area contributed by atoms with Gasteiger partial charge in [0, 0.05) is 17.5 Å². The van der Waals surface area contributed by atoms with Gasteiger partial charge in [0.25, 0.3) is 0 Å². The molecular formula is C12H16ClNO. The van der Waals surface area contributed by atoms with Gasteiger partial charge < -0.3 is 5.32 Å². The average molecular weight is 226 g/mol. The molecule has 1 aliphatic rings. The van der Waals surface area contributed by atoms with Crippen LogP contribution in [-0.4, -0.2) is 5.91 Å². The van der Waals surface area contributed by atoms with Gasteiger partial charge in [0.05, 0.1) is 0 Å². The third-order valence-corrected chi connectivity index (χ3v) is 2.87. The van der Waals surface area contributed by atoms with Gasteiger partial charge in [-0.05, 0) is 18.1 Å². The predicted octanol–water partition coefficient (Wildman–Crippen LogP) is 3.04. The molecular weight excluding hydrogens is 210 g/mol. The smallest absolute Gasteiger partial charge is 0.225 e. The van der Waals surface area contributed by atoms with E-state index < -0.39 is 0 Å². The summed E-state index contributed by atoms with van der Waals surface area (Å²) in [5.74, 6) is 0.122. The SMILES string of the molecule is Cc1cccc2c1NC(=O)CC2(C)C.Cl. The predicted molar refractivity (Wildman–Crippen MR) is 64.7 cm³/mol. The zero-order valence-electron chi connectivity index (χ0n) is 9.26. The second-order valence-electron chi connectivity index (χ2n) is 4.61. The van der Waals surface area contributed by atoms with Gasteiger partial charge in [0.2, 0.25) is 5.91 Å². The van der Waals surface area contributed by atoms with E-state index in [1.807, 2.05) is 19.1 Å². The number of nitrogens with one attached hydrogen (secondary N) is 1. The van der Waals surface area contributed by atoms with Crippen molar-refractivity contribution in [1.29, 1.82) is 0 Å². The van der Waals surface area contributed by atoms with E-state index in [0.29, 0.717) is 6.42 Å². The van der Waals surface area contributed by atoms with E-state index in [-0.39, 0.29) is 23.7 Å². The number of hydrogen-bond donors (Lipinski definition) is 1. The third-order valence-electron chi connectivity index (χ3n) is 2.87. The molecule has 1 aliphatic heterocycles. The van der Waals surface area contributed by atoms with Crippen LogP contribution in [0.15, 0.2) is 18.2 Å². The van der Waals surface area contributed by atoms with E-state index in [1.54, 1.807) is 0 Å². The number of anilines is 1. The quantitative estimate of drug-likeness (QED) is 0.723. The summed E-state index contributed by atoms with van der Waals surface area (Å²) in [6.07, 6.45) is 0.573. The maximum absolute atomic E-state index is 11.5. The van der Waals surface area contributed by atoms with Crippen molar-refractivity contribution in [2.24, 2.45) is 0 Å². The molecule has 0 fully saturated rings. The molecule has 3 heteroatoms. The molecule has 2 nitrogen and oxygen atoms in total. The summed E-state index contributed by atoms with van der Waals surface area (Å²) in [4.78, 5) is 11.5. The van der Waals surface area contributed by atoms with E-state index in [9.17, 15) is 4.79 Å². The number of rotatable bonds is 0. The lowest BCUT2D eigenvalue weighted by Crippen LogP contribution is -2.32. The molecule has 1 aromatic rings. The summed E-state index contributed by atoms with van der Waals surface area (Å²) in [5.41, 5.74) is 3.36. The Balaban J connectivity index is 0.00000112. The van der Waals surface area contributed by atoms with E-state index >= 15 is 0 Å². The van der Waals surface area contributed by atoms with Gasteiger partial charge in [0.1, 0.15) is 0 Å². The van der Waals surface area contributed by atoms with Gasteiger partial charge in [0.15, 0.2) is 0 Å². The molecule has 1 aromatic carbocycles. The molecule has 0 bridgehead atoms. The van der Waals surface area contributed by atoms with Crippen LogP contribution in [-0.2, 0) is 10.2 Å². The molecule has 0 atom stereocenters. The number of aryl methyl sites for hydroxylation is 1. The fraction of sp³-hybridized carbons (Fsp3) is 0.417. The van der Waals surface area contributed by atoms with Gasteiger partial charge in [-0.3, -0.25) is 4.79 Å². The summed E-state index contributed by atoms with van der Waals surface area (Å²) < 4.78 is 0. The van der Waals surface area contributed by atoms with Gasteiger partial charge >= 0.3 is 0 Å². The number of amides is 1. The maximum Gasteiger partial charge on any atom is 0.225 e. The van der Waals surface area contributed by atoms with E-state index in [4.69, 9.17) is 0 Å². The minimum Gasteiger partial charge on any atom is -0.326 e. The largest absolute Gasteiger partial charge is 0.326 e. The second kappa shape index (κ2) is 3.86. The molecule has 0 unspecified atom stereocenters. The Morgan fingerprint density at radius 3 is 2.67 bits per heavy atom. The zero-order chi connectivity index (χ0) is 10.3. The Labute approximate surface area is 96.5 Å². The van der Waals surface area contributed by atoms with Crippen molar-refractivity contribution in [3.05, 3.63) is 29.3 Å². The summed E-state index contributed by atoms with van der Waals surface area (Å²) >= 11 is 0. The Morgan fingerprint density at radius 2 is 2.00 bits per heavy atom. The molecule has 0 aliphatic carbocycles. The number of halogens is 1. The molecule has 1 amide bonds. The van der Waals surface area contributed by atoms with Crippen molar-refractivity contribution in [3.63, 3.8) is 0 Å². The van der Waals surface area contributed by atoms with Crippen LogP contribution in [0.2, 0.25) is 0 Å². The lowest BCUT2D eigenvalue weighted by atomic mass is 9.77. The van der Waals surface area contributed by atoms with Gasteiger partial charge in [-0.1, -0.05) is 32.0 Å². The van der Waals surface area contributed by atoms with E-state index in [2.05, 4.69) is 25.2 Å². The standard InChI is InChI=1S/C12H15NO.ClH/c1-8-5-4-6-9-11(8)13-10(14)7-12(9,2)3;/h4-6H,7H2,1-3H3,(H,13,14);1H. The molecule has 1 N–H and O–H groups in total. The van der Waals surface area contributed by atoms with Crippen molar-refractivity contribution < 1.29 is 4.79 Å². The number of para-hydroxylation sites is 1. The lowest BCUT2D eigenvalue weighted by Gasteiger charge is -2.32. The van der Waals surface area contributed by atoms with Crippen LogP contribution in [0.5, 0.6) is 0 Å². The summed E-state index contributed by atoms with van der Waals surface area (Å²) in [5, 5.41) is 2.94. The third kappa shape index (κ3) is 2.00. The average Bonchev–Trinajstić information content (AvgIpc) is 2.05. The first-order chi connectivity index (χ1) is 6.50. The second-order valence-corrected chi connectivity index (χ2v) is 4.61. The fourth-order valence-electron chi connectivity index (χ4n) is 2.08. The van der Waals surface area contributed by atoms with Crippen LogP contribution < -0.4 is 5.32 Å². The highest BCUT2D eigenvalue weighted by Gasteiger charge is 2.32. The highest BCUT2D eigenvalue weighted by atomic mass is 35.5. The van der Waals surface area contributed by atoms with Gasteiger partial charge in [-0.25, -0.2) is 0 Å². The minimum atomic E-state index is -0.0380. The number of carbonyl (C=O) groups excluding carboxylic acids is 1. The van der Waals surface area contributed by atoms with E-state index in [1.165, 1.54) is 5.56 Å². The molecule has 0 spiro atoms. The number of fused-ring (bicyclic) bond motifs is 1. The molecule has 15 heavy (non-hydrogen) atoms. The summed E-state index contributed by atoms with van der Waals surface area (Å²) in [6, 6.07) is 6.18. The van der Waals surface area contributed by atoms with Crippen molar-refractivity contribution >= 4 is 24.0 Å². The Kier molecular flexibility index (Phi) is 3.10. The topological polar surface area (TPSA) is 29.1 Å². The monoisotopic (exact) mass is 225 g/mol. The molecule has 0 saturated carbocycles. The Morgan fingerprint density at radius 1 is 1.33 bits per heavy atom. The van der Waals surface area contributed by atoms with Gasteiger partial charge in [-0.15, -0.1) is 12.4 Å². The summed E-state index contributed by atoms with van der Waals surface area (Å²) in [6.45, 7) is 6.26. The van der Waals surface area contributed by atoms with Crippen LogP contribution in [0.3, 0.4) is 0 Å². The fourth-order valence-corrected chi connectivity index (χ4v) is 2.08. The Hall–Kier alpha value is -1.02. The highest BCUT2D eigenvalue weighted by Crippen LogP contribution is 2.38. The molecule has 0 aromatic heterocycles. The number of carbonyl (C=O) groups is 1. The van der Waals surface area contributed by atoms with Crippen LogP contribution in [0.4, 0.5) is 5.69 Å². The molecule has 2 rings (SSSR count). The van der Waals surface area contributed by atoms with Crippen molar-refractivity contribution in [3.8, 4) is 0 Å². The Bertz CT molecular complexity index is 399. The first-order valence-electron chi connectivity index (χ1n) is 4.91. The zero-order valence-corrected chi connectivity index (χ0v) is 10.1. The van der Waals surface area contributed by atoms with Crippen LogP contribution in [0, 0.1) is 6.92 Å². The summed E-state index contributed by atoms with van der Waals surface area (Å²) in [7, 11) is 0. The van der Waals surface area contributed by atoms with Crippen LogP contribution in [0.1, 0.15) is 31.4 Å². The minimum absolute atomic E-state index is 0. The highest BCUT2D eigenvalue weighted by molar-refractivity contribution is 5.96. The molecule has 0 saturated heterocycles. The number of benzene rings is 1. The molecule has 0 radical (unpaired) electrons. The molecule has 1 heterocycles. The lowest BCUT2D eigenvalue weighted by molar-refractivity contribution is -0.117.